The molecule has 1 N–H and O–H groups in total. The molecule has 3 heterocycles. The smallest absolute Gasteiger partial charge is 0.463 e. The van der Waals surface area contributed by atoms with Crippen LogP contribution in [0.5, 0.6) is 0 Å². The Morgan fingerprint density at radius 1 is 1.45 bits per heavy atom. The first-order valence-corrected chi connectivity index (χ1v) is 11.8. The summed E-state index contributed by atoms with van der Waals surface area (Å²) < 4.78 is 41.3. The number of nitrogens with zero attached hydrogens (tertiary/aromatic N) is 4. The lowest BCUT2D eigenvalue weighted by atomic mass is 9.93. The quantitative estimate of drug-likeness (QED) is 0.188. The molecule has 0 bridgehead atoms. The maximum Gasteiger partial charge on any atom is 0.475 e. The average Bonchev–Trinajstić information content (AvgIpc) is 2.99. The number of nitrogens with one attached hydrogen (secondary N) is 1. The van der Waals surface area contributed by atoms with Crippen molar-refractivity contribution in [2.24, 2.45) is 11.0 Å². The molecule has 6 atom stereocenters. The Kier molecular flexibility index (Phi) is 7.47. The molecular formula is C18H26N5O9P. The van der Waals surface area contributed by atoms with Gasteiger partial charge in [0.25, 0.3) is 5.56 Å². The summed E-state index contributed by atoms with van der Waals surface area (Å²) in [5, 5.41) is 3.77. The molecule has 3 rings (SSSR count). The lowest BCUT2D eigenvalue weighted by Gasteiger charge is -2.35. The van der Waals surface area contributed by atoms with Gasteiger partial charge in [0.1, 0.15) is 17.7 Å². The molecular weight excluding hydrogens is 461 g/mol. The third-order valence-corrected chi connectivity index (χ3v) is 6.72. The summed E-state index contributed by atoms with van der Waals surface area (Å²) in [4.78, 5) is 40.5. The molecule has 0 saturated carbocycles. The second kappa shape index (κ2) is 9.80. The summed E-state index contributed by atoms with van der Waals surface area (Å²) in [6.45, 7) is 6.25. The number of ether oxygens (including phenoxy) is 2. The molecule has 0 spiro atoms. The van der Waals surface area contributed by atoms with Crippen molar-refractivity contribution in [1.29, 1.82) is 0 Å². The van der Waals surface area contributed by atoms with Crippen LogP contribution in [0, 0.1) is 5.92 Å². The third-order valence-electron chi connectivity index (χ3n) is 5.28. The van der Waals surface area contributed by atoms with Gasteiger partial charge in [-0.05, 0) is 32.7 Å². The number of phosphoric acid groups is 1. The molecule has 0 aromatic carbocycles. The van der Waals surface area contributed by atoms with Gasteiger partial charge in [0.15, 0.2) is 6.23 Å². The number of phosphoric ester groups is 1. The Labute approximate surface area is 188 Å². The van der Waals surface area contributed by atoms with Crippen LogP contribution >= 0.6 is 7.82 Å². The molecule has 2 saturated heterocycles. The van der Waals surface area contributed by atoms with E-state index in [9.17, 15) is 18.9 Å². The van der Waals surface area contributed by atoms with E-state index >= 15 is 0 Å². The molecule has 182 valence electrons. The van der Waals surface area contributed by atoms with E-state index in [1.54, 1.807) is 20.8 Å². The van der Waals surface area contributed by atoms with Gasteiger partial charge in [-0.15, -0.1) is 0 Å². The standard InChI is InChI=1S/C18H26N5O9P/c1-10(2)30-15(25)11(3)6-8-28-33(27)29-9-12-14(32-33)18(4,21-22-19)16(31-12)23-7-5-13(24)20-17(23)26/h5,7,10-12,14,16H,6,8-9H2,1-4H3,(H,20,24,26)/t11?,12-,14-,16-,18-,33+/m1/s1. The van der Waals surface area contributed by atoms with Crippen LogP contribution in [0.15, 0.2) is 27.0 Å². The van der Waals surface area contributed by atoms with Crippen LogP contribution in [0.4, 0.5) is 0 Å². The fourth-order valence-corrected chi connectivity index (χ4v) is 5.05. The SMILES string of the molecule is CC(C)OC(=O)C(C)CCO[P@@]1(=O)OC[C@H]2O[C@@H](n3ccc(=O)[nH]c3=O)[C@](C)(N=[N+]=[N-])[C@@H]2O1. The van der Waals surface area contributed by atoms with Gasteiger partial charge < -0.3 is 9.47 Å². The predicted molar refractivity (Wildman–Crippen MR) is 112 cm³/mol. The molecule has 33 heavy (non-hydrogen) atoms. The number of rotatable bonds is 8. The van der Waals surface area contributed by atoms with E-state index in [4.69, 9.17) is 28.6 Å². The van der Waals surface area contributed by atoms with Crippen molar-refractivity contribution >= 4 is 13.8 Å². The van der Waals surface area contributed by atoms with E-state index in [1.165, 1.54) is 13.1 Å². The minimum absolute atomic E-state index is 0.120. The second-order valence-corrected chi connectivity index (χ2v) is 9.86. The van der Waals surface area contributed by atoms with Gasteiger partial charge in [0, 0.05) is 17.2 Å². The van der Waals surface area contributed by atoms with E-state index in [1.807, 2.05) is 0 Å². The first-order valence-electron chi connectivity index (χ1n) is 10.3. The summed E-state index contributed by atoms with van der Waals surface area (Å²) in [6, 6.07) is 1.11. The molecule has 15 heteroatoms. The Balaban J connectivity index is 1.74. The van der Waals surface area contributed by atoms with Crippen LogP contribution < -0.4 is 11.2 Å². The largest absolute Gasteiger partial charge is 0.475 e. The fourth-order valence-electron chi connectivity index (χ4n) is 3.56. The van der Waals surface area contributed by atoms with E-state index in [0.29, 0.717) is 0 Å². The third kappa shape index (κ3) is 5.37. The summed E-state index contributed by atoms with van der Waals surface area (Å²) in [5.41, 5.74) is 6.21. The van der Waals surface area contributed by atoms with E-state index < -0.39 is 54.9 Å². The van der Waals surface area contributed by atoms with Crippen LogP contribution in [-0.2, 0) is 32.4 Å². The minimum Gasteiger partial charge on any atom is -0.463 e. The van der Waals surface area contributed by atoms with E-state index in [0.717, 1.165) is 10.6 Å². The average molecular weight is 487 g/mol. The van der Waals surface area contributed by atoms with Crippen LogP contribution in [-0.4, -0.2) is 52.6 Å². The summed E-state index contributed by atoms with van der Waals surface area (Å²) in [5.74, 6) is -0.914. The Morgan fingerprint density at radius 3 is 2.82 bits per heavy atom. The zero-order chi connectivity index (χ0) is 24.4. The van der Waals surface area contributed by atoms with E-state index in [2.05, 4.69) is 15.0 Å². The molecule has 1 aromatic rings. The van der Waals surface area contributed by atoms with Gasteiger partial charge in [0.05, 0.1) is 25.2 Å². The van der Waals surface area contributed by atoms with E-state index in [-0.39, 0.29) is 25.7 Å². The molecule has 2 aliphatic rings. The number of aromatic amines is 1. The molecule has 1 aromatic heterocycles. The second-order valence-electron chi connectivity index (χ2n) is 8.24. The number of fused-ring (bicyclic) bond motifs is 1. The lowest BCUT2D eigenvalue weighted by Crippen LogP contribution is -2.47. The van der Waals surface area contributed by atoms with Gasteiger partial charge >= 0.3 is 19.5 Å². The van der Waals surface area contributed by atoms with Gasteiger partial charge in [-0.25, -0.2) is 9.36 Å². The number of H-pyrrole nitrogens is 1. The van der Waals surface area contributed by atoms with Crippen molar-refractivity contribution in [3.8, 4) is 0 Å². The van der Waals surface area contributed by atoms with Crippen LogP contribution in [0.1, 0.15) is 40.3 Å². The highest BCUT2D eigenvalue weighted by Crippen LogP contribution is 2.59. The monoisotopic (exact) mass is 487 g/mol. The summed E-state index contributed by atoms with van der Waals surface area (Å²) in [7, 11) is -4.10. The Hall–Kier alpha value is -2.47. The number of esters is 1. The maximum atomic E-state index is 13.1. The Morgan fingerprint density at radius 2 is 2.18 bits per heavy atom. The topological polar surface area (TPSA) is 184 Å². The van der Waals surface area contributed by atoms with Gasteiger partial charge in [-0.1, -0.05) is 12.0 Å². The molecule has 0 aliphatic carbocycles. The number of azide groups is 1. The predicted octanol–water partition coefficient (Wildman–Crippen LogP) is 2.02. The first-order chi connectivity index (χ1) is 15.5. The van der Waals surface area contributed by atoms with Gasteiger partial charge in [0.2, 0.25) is 0 Å². The fraction of sp³-hybridized carbons (Fsp3) is 0.722. The van der Waals surface area contributed by atoms with Crippen molar-refractivity contribution in [3.63, 3.8) is 0 Å². The highest BCUT2D eigenvalue weighted by Gasteiger charge is 2.60. The number of carbonyl (C=O) groups excluding carboxylic acids is 1. The molecule has 2 fully saturated rings. The van der Waals surface area contributed by atoms with Crippen molar-refractivity contribution < 1.29 is 32.4 Å². The van der Waals surface area contributed by atoms with Crippen molar-refractivity contribution in [3.05, 3.63) is 43.5 Å². The Bertz CT molecular complexity index is 1100. The number of hydrogen-bond acceptors (Lipinski definition) is 10. The maximum absolute atomic E-state index is 13.1. The number of carbonyl (C=O) groups is 1. The van der Waals surface area contributed by atoms with Crippen molar-refractivity contribution in [2.75, 3.05) is 13.2 Å². The minimum atomic E-state index is -4.10. The van der Waals surface area contributed by atoms with Crippen LogP contribution in [0.3, 0.4) is 0 Å². The van der Waals surface area contributed by atoms with Crippen LogP contribution in [0.2, 0.25) is 0 Å². The zero-order valence-corrected chi connectivity index (χ0v) is 19.5. The first kappa shape index (κ1) is 25.2. The van der Waals surface area contributed by atoms with Gasteiger partial charge in [-0.3, -0.25) is 32.7 Å². The molecule has 1 unspecified atom stereocenters. The summed E-state index contributed by atoms with van der Waals surface area (Å²) in [6.07, 6.45) is -1.95. The molecule has 14 nitrogen and oxygen atoms in total. The number of aromatic nitrogens is 2. The summed E-state index contributed by atoms with van der Waals surface area (Å²) >= 11 is 0. The van der Waals surface area contributed by atoms with Crippen molar-refractivity contribution in [2.45, 2.75) is 64.2 Å². The van der Waals surface area contributed by atoms with Crippen LogP contribution in [0.25, 0.3) is 10.4 Å². The normalized spacial score (nSPS) is 32.1. The zero-order valence-electron chi connectivity index (χ0n) is 18.6. The number of hydrogen-bond donors (Lipinski definition) is 1. The highest BCUT2D eigenvalue weighted by molar-refractivity contribution is 7.48. The highest BCUT2D eigenvalue weighted by atomic mass is 31.2. The van der Waals surface area contributed by atoms with Gasteiger partial charge in [-0.2, -0.15) is 0 Å². The molecule has 2 aliphatic heterocycles. The lowest BCUT2D eigenvalue weighted by molar-refractivity contribution is -0.152. The van der Waals surface area contributed by atoms with Crippen molar-refractivity contribution in [1.82, 2.24) is 9.55 Å². The molecule has 0 radical (unpaired) electrons. The molecule has 0 amide bonds.